The van der Waals surface area contributed by atoms with Crippen molar-refractivity contribution < 1.29 is 19.1 Å². The fraction of sp³-hybridized carbons (Fsp3) is 0.667. The predicted molar refractivity (Wildman–Crippen MR) is 127 cm³/mol. The summed E-state index contributed by atoms with van der Waals surface area (Å²) < 4.78 is 11.1. The quantitative estimate of drug-likeness (QED) is 0.659. The Kier molecular flexibility index (Phi) is 6.74. The molecule has 1 fully saturated rings. The molecule has 8 heteroatoms. The molecule has 1 aromatic rings. The van der Waals surface area contributed by atoms with E-state index in [-0.39, 0.29) is 18.1 Å². The van der Waals surface area contributed by atoms with Gasteiger partial charge in [-0.2, -0.15) is 0 Å². The number of ether oxygens (including phenoxy) is 2. The number of alkyl carbamates (subject to hydrolysis) is 1. The number of nitrogens with zero attached hydrogens (tertiary/aromatic N) is 2. The van der Waals surface area contributed by atoms with E-state index in [9.17, 15) is 9.59 Å². The predicted octanol–water partition coefficient (Wildman–Crippen LogP) is 5.08. The molecule has 1 spiro atoms. The summed E-state index contributed by atoms with van der Waals surface area (Å²) in [6.07, 6.45) is 0.944. The maximum Gasteiger partial charge on any atom is 0.414 e. The summed E-state index contributed by atoms with van der Waals surface area (Å²) in [6, 6.07) is 3.68. The third-order valence-electron chi connectivity index (χ3n) is 5.88. The van der Waals surface area contributed by atoms with E-state index in [4.69, 9.17) is 21.1 Å². The highest BCUT2D eigenvalue weighted by molar-refractivity contribution is 6.31. The van der Waals surface area contributed by atoms with Gasteiger partial charge >= 0.3 is 12.2 Å². The third kappa shape index (κ3) is 5.49. The van der Waals surface area contributed by atoms with E-state index >= 15 is 0 Å². The lowest BCUT2D eigenvalue weighted by atomic mass is 9.72. The summed E-state index contributed by atoms with van der Waals surface area (Å²) >= 11 is 6.65. The summed E-state index contributed by atoms with van der Waals surface area (Å²) in [7, 11) is 2.11. The van der Waals surface area contributed by atoms with Gasteiger partial charge in [-0.3, -0.25) is 4.90 Å². The van der Waals surface area contributed by atoms with Crippen molar-refractivity contribution in [3.63, 3.8) is 0 Å². The molecule has 1 saturated heterocycles. The van der Waals surface area contributed by atoms with E-state index in [2.05, 4.69) is 17.3 Å². The summed E-state index contributed by atoms with van der Waals surface area (Å²) in [5.41, 5.74) is 1.29. The third-order valence-corrected chi connectivity index (χ3v) is 6.24. The first-order valence-corrected chi connectivity index (χ1v) is 11.6. The molecule has 0 bridgehead atoms. The van der Waals surface area contributed by atoms with Gasteiger partial charge in [0.2, 0.25) is 0 Å². The number of nitrogens with one attached hydrogen (secondary N) is 1. The number of benzene rings is 1. The molecule has 0 radical (unpaired) electrons. The van der Waals surface area contributed by atoms with Crippen molar-refractivity contribution in [3.05, 3.63) is 28.3 Å². The van der Waals surface area contributed by atoms with E-state index < -0.39 is 17.3 Å². The van der Waals surface area contributed by atoms with Gasteiger partial charge in [-0.05, 0) is 97.8 Å². The van der Waals surface area contributed by atoms with Gasteiger partial charge in [0.15, 0.2) is 0 Å². The van der Waals surface area contributed by atoms with Crippen LogP contribution in [0.25, 0.3) is 0 Å². The van der Waals surface area contributed by atoms with E-state index in [0.717, 1.165) is 42.7 Å². The van der Waals surface area contributed by atoms with Crippen LogP contribution in [0.3, 0.4) is 0 Å². The van der Waals surface area contributed by atoms with Gasteiger partial charge in [0.1, 0.15) is 11.2 Å². The average molecular weight is 466 g/mol. The number of fused-ring (bicyclic) bond motifs is 2. The Balaban J connectivity index is 1.98. The minimum absolute atomic E-state index is 0.228. The zero-order valence-electron chi connectivity index (χ0n) is 20.3. The Labute approximate surface area is 196 Å². The molecule has 2 heterocycles. The molecule has 0 atom stereocenters. The molecule has 2 aliphatic rings. The fourth-order valence-corrected chi connectivity index (χ4v) is 4.70. The second-order valence-corrected chi connectivity index (χ2v) is 11.3. The molecule has 178 valence electrons. The smallest absolute Gasteiger partial charge is 0.414 e. The number of carbonyl (C=O) groups is 2. The lowest BCUT2D eigenvalue weighted by Gasteiger charge is -2.39. The molecule has 1 N–H and O–H groups in total. The molecule has 2 amide bonds. The van der Waals surface area contributed by atoms with Crippen molar-refractivity contribution in [2.75, 3.05) is 31.6 Å². The van der Waals surface area contributed by atoms with Crippen LogP contribution < -0.4 is 10.2 Å². The van der Waals surface area contributed by atoms with Gasteiger partial charge in [-0.1, -0.05) is 11.6 Å². The average Bonchev–Trinajstić information content (AvgIpc) is 2.95. The monoisotopic (exact) mass is 465 g/mol. The van der Waals surface area contributed by atoms with Crippen LogP contribution in [0.15, 0.2) is 12.1 Å². The summed E-state index contributed by atoms with van der Waals surface area (Å²) in [4.78, 5) is 29.5. The number of hydrogen-bond acceptors (Lipinski definition) is 5. The molecule has 0 unspecified atom stereocenters. The number of rotatable bonds is 2. The topological polar surface area (TPSA) is 71.1 Å². The van der Waals surface area contributed by atoms with Gasteiger partial charge in [0, 0.05) is 23.5 Å². The number of halogens is 1. The highest BCUT2D eigenvalue weighted by Crippen LogP contribution is 2.50. The van der Waals surface area contributed by atoms with Crippen molar-refractivity contribution in [2.45, 2.75) is 77.5 Å². The Morgan fingerprint density at radius 2 is 1.66 bits per heavy atom. The van der Waals surface area contributed by atoms with Crippen molar-refractivity contribution >= 4 is 29.5 Å². The molecular weight excluding hydrogens is 430 g/mol. The number of amides is 2. The van der Waals surface area contributed by atoms with Crippen LogP contribution in [0.4, 0.5) is 15.3 Å². The SMILES string of the molecule is CN1CCC2(CC1)CN(C(=O)OC(C)(C)C)c1ccc(Cl)c(CNC(=O)OC(C)(C)C)c12. The van der Waals surface area contributed by atoms with Gasteiger partial charge in [0.25, 0.3) is 0 Å². The largest absolute Gasteiger partial charge is 0.444 e. The minimum Gasteiger partial charge on any atom is -0.444 e. The zero-order chi connectivity index (χ0) is 23.9. The van der Waals surface area contributed by atoms with E-state index in [0.29, 0.717) is 11.6 Å². The highest BCUT2D eigenvalue weighted by atomic mass is 35.5. The molecular formula is C24H36ClN3O4. The second kappa shape index (κ2) is 8.75. The van der Waals surface area contributed by atoms with Crippen molar-refractivity contribution in [2.24, 2.45) is 0 Å². The van der Waals surface area contributed by atoms with Crippen LogP contribution in [-0.2, 0) is 21.4 Å². The second-order valence-electron chi connectivity index (χ2n) is 10.9. The summed E-state index contributed by atoms with van der Waals surface area (Å²) in [5.74, 6) is 0. The molecule has 32 heavy (non-hydrogen) atoms. The van der Waals surface area contributed by atoms with E-state index in [1.807, 2.05) is 47.6 Å². The lowest BCUT2D eigenvalue weighted by Crippen LogP contribution is -2.46. The highest BCUT2D eigenvalue weighted by Gasteiger charge is 2.48. The number of hydrogen-bond donors (Lipinski definition) is 1. The molecule has 0 saturated carbocycles. The maximum absolute atomic E-state index is 13.1. The van der Waals surface area contributed by atoms with Crippen LogP contribution in [-0.4, -0.2) is 55.0 Å². The maximum atomic E-state index is 13.1. The summed E-state index contributed by atoms with van der Waals surface area (Å²) in [6.45, 7) is 13.7. The van der Waals surface area contributed by atoms with Crippen LogP contribution in [0.5, 0.6) is 0 Å². The Morgan fingerprint density at radius 1 is 1.06 bits per heavy atom. The number of carbonyl (C=O) groups excluding carboxylic acids is 2. The van der Waals surface area contributed by atoms with Gasteiger partial charge in [-0.25, -0.2) is 9.59 Å². The first-order chi connectivity index (χ1) is 14.7. The first kappa shape index (κ1) is 24.6. The fourth-order valence-electron chi connectivity index (χ4n) is 4.48. The zero-order valence-corrected chi connectivity index (χ0v) is 21.1. The number of likely N-dealkylation sites (tertiary alicyclic amines) is 1. The molecule has 0 aromatic heterocycles. The molecule has 3 rings (SSSR count). The molecule has 7 nitrogen and oxygen atoms in total. The minimum atomic E-state index is -0.590. The Hall–Kier alpha value is -1.99. The van der Waals surface area contributed by atoms with Crippen LogP contribution in [0, 0.1) is 0 Å². The van der Waals surface area contributed by atoms with Crippen molar-refractivity contribution in [1.82, 2.24) is 10.2 Å². The van der Waals surface area contributed by atoms with Gasteiger partial charge < -0.3 is 19.7 Å². The van der Waals surface area contributed by atoms with Gasteiger partial charge in [0.05, 0.1) is 5.69 Å². The summed E-state index contributed by atoms with van der Waals surface area (Å²) in [5, 5.41) is 3.42. The standard InChI is InChI=1S/C24H36ClN3O4/c1-22(2,3)31-20(29)26-14-16-17(25)8-9-18-19(16)24(10-12-27(7)13-11-24)15-28(18)21(30)32-23(4,5)6/h8-9H,10-15H2,1-7H3,(H,26,29). The Morgan fingerprint density at radius 3 is 2.22 bits per heavy atom. The van der Waals surface area contributed by atoms with Crippen molar-refractivity contribution in [3.8, 4) is 0 Å². The lowest BCUT2D eigenvalue weighted by molar-refractivity contribution is 0.0521. The number of anilines is 1. The van der Waals surface area contributed by atoms with Crippen LogP contribution in [0.1, 0.15) is 65.5 Å². The normalized spacial score (nSPS) is 18.4. The first-order valence-electron chi connectivity index (χ1n) is 11.2. The van der Waals surface area contributed by atoms with E-state index in [1.165, 1.54) is 0 Å². The van der Waals surface area contributed by atoms with Crippen LogP contribution in [0.2, 0.25) is 5.02 Å². The number of piperidine rings is 1. The molecule has 1 aromatic carbocycles. The van der Waals surface area contributed by atoms with Gasteiger partial charge in [-0.15, -0.1) is 0 Å². The van der Waals surface area contributed by atoms with Crippen LogP contribution >= 0.6 is 11.6 Å². The molecule has 2 aliphatic heterocycles. The molecule has 0 aliphatic carbocycles. The van der Waals surface area contributed by atoms with Crippen molar-refractivity contribution in [1.29, 1.82) is 0 Å². The Bertz CT molecular complexity index is 880. The van der Waals surface area contributed by atoms with E-state index in [1.54, 1.807) is 11.0 Å².